The molecule has 0 aliphatic carbocycles. The maximum Gasteiger partial charge on any atom is 0.179 e. The molecule has 1 fully saturated rings. The van der Waals surface area contributed by atoms with Crippen molar-refractivity contribution in [1.82, 2.24) is 4.98 Å². The first-order valence-electron chi connectivity index (χ1n) is 5.24. The van der Waals surface area contributed by atoms with Gasteiger partial charge in [-0.05, 0) is 19.8 Å². The van der Waals surface area contributed by atoms with Crippen molar-refractivity contribution in [3.63, 3.8) is 0 Å². The van der Waals surface area contributed by atoms with E-state index in [1.54, 1.807) is 18.3 Å². The van der Waals surface area contributed by atoms with Gasteiger partial charge in [-0.2, -0.15) is 0 Å². The molecule has 0 aromatic carbocycles. The lowest BCUT2D eigenvalue weighted by Gasteiger charge is -2.19. The number of rotatable bonds is 2. The van der Waals surface area contributed by atoms with Crippen molar-refractivity contribution in [3.8, 4) is 0 Å². The molecule has 0 amide bonds. The first kappa shape index (κ1) is 10.8. The van der Waals surface area contributed by atoms with Gasteiger partial charge in [-0.1, -0.05) is 0 Å². The summed E-state index contributed by atoms with van der Waals surface area (Å²) in [6, 6.07) is 0. The van der Waals surface area contributed by atoms with Crippen LogP contribution in [0.5, 0.6) is 0 Å². The van der Waals surface area contributed by atoms with Crippen molar-refractivity contribution < 1.29 is 9.53 Å². The molecular formula is C11H15NO2S. The van der Waals surface area contributed by atoms with Crippen LogP contribution in [0.15, 0.2) is 0 Å². The van der Waals surface area contributed by atoms with E-state index in [1.807, 2.05) is 6.92 Å². The number of Topliss-reactive ketones (excluding diaryl/α,β-unsaturated/α-hetero) is 1. The molecule has 3 nitrogen and oxygen atoms in total. The van der Waals surface area contributed by atoms with E-state index in [2.05, 4.69) is 4.98 Å². The zero-order chi connectivity index (χ0) is 10.8. The second-order valence-electron chi connectivity index (χ2n) is 3.90. The average molecular weight is 225 g/mol. The zero-order valence-corrected chi connectivity index (χ0v) is 9.89. The highest BCUT2D eigenvalue weighted by atomic mass is 32.1. The Morgan fingerprint density at radius 2 is 2.13 bits per heavy atom. The van der Waals surface area contributed by atoms with Gasteiger partial charge in [-0.15, -0.1) is 11.3 Å². The topological polar surface area (TPSA) is 39.2 Å². The second kappa shape index (κ2) is 4.41. The Labute approximate surface area is 93.5 Å². The van der Waals surface area contributed by atoms with Gasteiger partial charge in [0.15, 0.2) is 5.78 Å². The van der Waals surface area contributed by atoms with E-state index in [9.17, 15) is 4.79 Å². The molecule has 2 rings (SSSR count). The number of ketones is 1. The molecule has 0 radical (unpaired) electrons. The van der Waals surface area contributed by atoms with Crippen LogP contribution in [0.3, 0.4) is 0 Å². The van der Waals surface area contributed by atoms with Crippen molar-refractivity contribution in [2.24, 2.45) is 0 Å². The molecular weight excluding hydrogens is 210 g/mol. The van der Waals surface area contributed by atoms with Gasteiger partial charge in [0.1, 0.15) is 5.69 Å². The Hall–Kier alpha value is -0.740. The van der Waals surface area contributed by atoms with Crippen molar-refractivity contribution >= 4 is 17.1 Å². The summed E-state index contributed by atoms with van der Waals surface area (Å²) in [6.07, 6.45) is 2.06. The fourth-order valence-electron chi connectivity index (χ4n) is 1.86. The number of aromatic nitrogens is 1. The number of hydrogen-bond donors (Lipinski definition) is 0. The minimum absolute atomic E-state index is 0.0714. The lowest BCUT2D eigenvalue weighted by Crippen LogP contribution is -2.14. The molecule has 0 bridgehead atoms. The number of aryl methyl sites for hydroxylation is 1. The van der Waals surface area contributed by atoms with E-state index in [0.717, 1.165) is 35.9 Å². The number of ether oxygens (including phenoxy) is 1. The lowest BCUT2D eigenvalue weighted by molar-refractivity contribution is 0.0852. The molecule has 1 aliphatic rings. The average Bonchev–Trinajstić information content (AvgIpc) is 2.62. The predicted molar refractivity (Wildman–Crippen MR) is 59.6 cm³/mol. The summed E-state index contributed by atoms with van der Waals surface area (Å²) in [5.41, 5.74) is 0.654. The quantitative estimate of drug-likeness (QED) is 0.726. The number of carbonyl (C=O) groups excluding carboxylic acids is 1. The molecule has 1 saturated heterocycles. The molecule has 0 N–H and O–H groups in total. The summed E-state index contributed by atoms with van der Waals surface area (Å²) in [5, 5.41) is 1.11. The standard InChI is InChI=1S/C11H15NO2S/c1-7(13)10-8(2)15-11(12-10)9-3-5-14-6-4-9/h9H,3-6H2,1-2H3. The Bertz CT molecular complexity index is 367. The van der Waals surface area contributed by atoms with Gasteiger partial charge in [0.25, 0.3) is 0 Å². The van der Waals surface area contributed by atoms with Gasteiger partial charge >= 0.3 is 0 Å². The van der Waals surface area contributed by atoms with Crippen LogP contribution in [0, 0.1) is 6.92 Å². The molecule has 0 spiro atoms. The van der Waals surface area contributed by atoms with Gasteiger partial charge in [0.2, 0.25) is 0 Å². The number of hydrogen-bond acceptors (Lipinski definition) is 4. The second-order valence-corrected chi connectivity index (χ2v) is 5.13. The van der Waals surface area contributed by atoms with Gasteiger partial charge < -0.3 is 4.74 Å². The third-order valence-electron chi connectivity index (χ3n) is 2.72. The number of thiazole rings is 1. The molecule has 1 aromatic rings. The Kier molecular flexibility index (Phi) is 3.17. The summed E-state index contributed by atoms with van der Waals surface area (Å²) < 4.78 is 5.32. The summed E-state index contributed by atoms with van der Waals surface area (Å²) in [5.74, 6) is 0.567. The minimum Gasteiger partial charge on any atom is -0.381 e. The Morgan fingerprint density at radius 1 is 1.47 bits per heavy atom. The molecule has 0 saturated carbocycles. The maximum absolute atomic E-state index is 11.3. The van der Waals surface area contributed by atoms with E-state index >= 15 is 0 Å². The normalized spacial score (nSPS) is 18.0. The van der Waals surface area contributed by atoms with Crippen LogP contribution in [-0.4, -0.2) is 24.0 Å². The van der Waals surface area contributed by atoms with Crippen molar-refractivity contribution in [2.75, 3.05) is 13.2 Å². The van der Waals surface area contributed by atoms with Crippen LogP contribution in [-0.2, 0) is 4.74 Å². The fourth-order valence-corrected chi connectivity index (χ4v) is 3.00. The molecule has 15 heavy (non-hydrogen) atoms. The predicted octanol–water partition coefficient (Wildman–Crippen LogP) is 2.55. The monoisotopic (exact) mass is 225 g/mol. The third-order valence-corrected chi connectivity index (χ3v) is 3.85. The van der Waals surface area contributed by atoms with Crippen LogP contribution in [0.2, 0.25) is 0 Å². The van der Waals surface area contributed by atoms with Gasteiger partial charge in [0, 0.05) is 30.9 Å². The van der Waals surface area contributed by atoms with Gasteiger partial charge in [-0.25, -0.2) is 4.98 Å². The molecule has 1 aliphatic heterocycles. The Morgan fingerprint density at radius 3 is 2.67 bits per heavy atom. The largest absolute Gasteiger partial charge is 0.381 e. The highest BCUT2D eigenvalue weighted by molar-refractivity contribution is 7.12. The summed E-state index contributed by atoms with van der Waals surface area (Å²) in [7, 11) is 0. The highest BCUT2D eigenvalue weighted by Gasteiger charge is 2.21. The first-order valence-corrected chi connectivity index (χ1v) is 6.06. The number of nitrogens with zero attached hydrogens (tertiary/aromatic N) is 1. The molecule has 0 unspecified atom stereocenters. The molecule has 82 valence electrons. The van der Waals surface area contributed by atoms with E-state index in [0.29, 0.717) is 11.6 Å². The molecule has 1 aromatic heterocycles. The van der Waals surface area contributed by atoms with Crippen molar-refractivity contribution in [2.45, 2.75) is 32.6 Å². The summed E-state index contributed by atoms with van der Waals surface area (Å²) in [6.45, 7) is 5.18. The van der Waals surface area contributed by atoms with Crippen LogP contribution in [0.1, 0.15) is 46.1 Å². The third kappa shape index (κ3) is 2.26. The van der Waals surface area contributed by atoms with Crippen LogP contribution < -0.4 is 0 Å². The van der Waals surface area contributed by atoms with Crippen molar-refractivity contribution in [1.29, 1.82) is 0 Å². The van der Waals surface area contributed by atoms with Gasteiger partial charge in [-0.3, -0.25) is 4.79 Å². The summed E-state index contributed by atoms with van der Waals surface area (Å²) >= 11 is 1.66. The number of carbonyl (C=O) groups is 1. The van der Waals surface area contributed by atoms with E-state index in [-0.39, 0.29) is 5.78 Å². The zero-order valence-electron chi connectivity index (χ0n) is 9.08. The van der Waals surface area contributed by atoms with Crippen LogP contribution in [0.4, 0.5) is 0 Å². The van der Waals surface area contributed by atoms with Gasteiger partial charge in [0.05, 0.1) is 5.01 Å². The van der Waals surface area contributed by atoms with E-state index in [1.165, 1.54) is 0 Å². The SMILES string of the molecule is CC(=O)c1nc(C2CCOCC2)sc1C. The molecule has 2 heterocycles. The fraction of sp³-hybridized carbons (Fsp3) is 0.636. The lowest BCUT2D eigenvalue weighted by atomic mass is 10.0. The summed E-state index contributed by atoms with van der Waals surface area (Å²) in [4.78, 5) is 16.8. The van der Waals surface area contributed by atoms with E-state index < -0.39 is 0 Å². The van der Waals surface area contributed by atoms with Crippen LogP contribution in [0.25, 0.3) is 0 Å². The first-order chi connectivity index (χ1) is 7.18. The van der Waals surface area contributed by atoms with E-state index in [4.69, 9.17) is 4.74 Å². The maximum atomic E-state index is 11.3. The van der Waals surface area contributed by atoms with Crippen molar-refractivity contribution in [3.05, 3.63) is 15.6 Å². The molecule has 4 heteroatoms. The highest BCUT2D eigenvalue weighted by Crippen LogP contribution is 2.31. The Balaban J connectivity index is 2.21. The molecule has 0 atom stereocenters. The minimum atomic E-state index is 0.0714. The van der Waals surface area contributed by atoms with Crippen LogP contribution >= 0.6 is 11.3 Å². The smallest absolute Gasteiger partial charge is 0.179 e.